The molecule has 0 bridgehead atoms. The van der Waals surface area contributed by atoms with Gasteiger partial charge >= 0.3 is 0 Å². The minimum atomic E-state index is 0.513. The number of fused-ring (bicyclic) bond motifs is 1. The van der Waals surface area contributed by atoms with Gasteiger partial charge in [-0.1, -0.05) is 13.8 Å². The standard InChI is InChI=1S/C9H17N/c1-6-3-4-9(2)5-7(9)8(6)10/h6-8H,3-5,10H2,1-2H3. The van der Waals surface area contributed by atoms with Crippen LogP contribution in [0.25, 0.3) is 0 Å². The highest BCUT2D eigenvalue weighted by atomic mass is 14.8. The molecule has 2 rings (SSSR count). The average Bonchev–Trinajstić information content (AvgIpc) is 2.56. The second-order valence-corrected chi connectivity index (χ2v) is 4.56. The molecule has 0 aromatic rings. The first kappa shape index (κ1) is 6.66. The van der Waals surface area contributed by atoms with Gasteiger partial charge < -0.3 is 5.73 Å². The first-order valence-corrected chi connectivity index (χ1v) is 4.39. The highest BCUT2D eigenvalue weighted by Crippen LogP contribution is 2.61. The third kappa shape index (κ3) is 0.731. The van der Waals surface area contributed by atoms with E-state index in [2.05, 4.69) is 13.8 Å². The first-order chi connectivity index (χ1) is 4.63. The predicted octanol–water partition coefficient (Wildman–Crippen LogP) is 1.77. The molecule has 0 saturated heterocycles. The molecule has 10 heavy (non-hydrogen) atoms. The molecule has 0 aliphatic heterocycles. The second-order valence-electron chi connectivity index (χ2n) is 4.56. The van der Waals surface area contributed by atoms with E-state index in [1.54, 1.807) is 0 Å². The van der Waals surface area contributed by atoms with Crippen LogP contribution in [0, 0.1) is 17.3 Å². The lowest BCUT2D eigenvalue weighted by Gasteiger charge is -2.28. The predicted molar refractivity (Wildman–Crippen MR) is 42.6 cm³/mol. The van der Waals surface area contributed by atoms with Gasteiger partial charge in [-0.2, -0.15) is 0 Å². The van der Waals surface area contributed by atoms with E-state index in [-0.39, 0.29) is 0 Å². The Bertz CT molecular complexity index is 155. The normalized spacial score (nSPS) is 59.7. The van der Waals surface area contributed by atoms with Crippen molar-refractivity contribution in [3.63, 3.8) is 0 Å². The van der Waals surface area contributed by atoms with Gasteiger partial charge in [0, 0.05) is 6.04 Å². The van der Waals surface area contributed by atoms with Crippen LogP contribution >= 0.6 is 0 Å². The molecule has 0 spiro atoms. The Morgan fingerprint density at radius 3 is 2.80 bits per heavy atom. The van der Waals surface area contributed by atoms with E-state index < -0.39 is 0 Å². The van der Waals surface area contributed by atoms with Crippen molar-refractivity contribution in [3.05, 3.63) is 0 Å². The smallest absolute Gasteiger partial charge is 0.00984 e. The maximum absolute atomic E-state index is 6.05. The van der Waals surface area contributed by atoms with E-state index in [4.69, 9.17) is 5.73 Å². The number of nitrogens with two attached hydrogens (primary N) is 1. The zero-order valence-electron chi connectivity index (χ0n) is 6.93. The molecule has 2 saturated carbocycles. The number of hydrogen-bond donors (Lipinski definition) is 1. The van der Waals surface area contributed by atoms with E-state index in [9.17, 15) is 0 Å². The molecule has 2 aliphatic rings. The van der Waals surface area contributed by atoms with E-state index in [0.717, 1.165) is 11.8 Å². The topological polar surface area (TPSA) is 26.0 Å². The van der Waals surface area contributed by atoms with Crippen LogP contribution in [0.1, 0.15) is 33.1 Å². The number of hydrogen-bond acceptors (Lipinski definition) is 1. The Balaban J connectivity index is 2.09. The van der Waals surface area contributed by atoms with Gasteiger partial charge in [0.2, 0.25) is 0 Å². The Kier molecular flexibility index (Phi) is 1.17. The van der Waals surface area contributed by atoms with Crippen LogP contribution in [-0.2, 0) is 0 Å². The van der Waals surface area contributed by atoms with Gasteiger partial charge in [0.25, 0.3) is 0 Å². The Morgan fingerprint density at radius 2 is 2.20 bits per heavy atom. The summed E-state index contributed by atoms with van der Waals surface area (Å²) in [6.45, 7) is 4.69. The third-order valence-corrected chi connectivity index (χ3v) is 3.71. The van der Waals surface area contributed by atoms with Crippen LogP contribution in [0.2, 0.25) is 0 Å². The summed E-state index contributed by atoms with van der Waals surface area (Å²) in [5.41, 5.74) is 6.72. The first-order valence-electron chi connectivity index (χ1n) is 4.39. The van der Waals surface area contributed by atoms with Crippen molar-refractivity contribution in [2.24, 2.45) is 23.0 Å². The summed E-state index contributed by atoms with van der Waals surface area (Å²) in [4.78, 5) is 0. The molecule has 58 valence electrons. The van der Waals surface area contributed by atoms with Gasteiger partial charge in [0.1, 0.15) is 0 Å². The summed E-state index contributed by atoms with van der Waals surface area (Å²) in [6, 6.07) is 0.513. The molecule has 2 fully saturated rings. The van der Waals surface area contributed by atoms with Crippen molar-refractivity contribution in [1.82, 2.24) is 0 Å². The summed E-state index contributed by atoms with van der Waals surface area (Å²) in [7, 11) is 0. The molecule has 0 aromatic heterocycles. The maximum Gasteiger partial charge on any atom is 0.00984 e. The Morgan fingerprint density at radius 1 is 1.50 bits per heavy atom. The van der Waals surface area contributed by atoms with E-state index in [0.29, 0.717) is 11.5 Å². The van der Waals surface area contributed by atoms with Gasteiger partial charge in [-0.15, -0.1) is 0 Å². The van der Waals surface area contributed by atoms with Crippen LogP contribution in [0.15, 0.2) is 0 Å². The lowest BCUT2D eigenvalue weighted by Crippen LogP contribution is -2.36. The van der Waals surface area contributed by atoms with Gasteiger partial charge in [0.15, 0.2) is 0 Å². The van der Waals surface area contributed by atoms with Crippen molar-refractivity contribution >= 4 is 0 Å². The molecule has 0 amide bonds. The van der Waals surface area contributed by atoms with Gasteiger partial charge in [-0.05, 0) is 36.5 Å². The van der Waals surface area contributed by atoms with Crippen LogP contribution in [0.3, 0.4) is 0 Å². The van der Waals surface area contributed by atoms with Crippen LogP contribution in [0.5, 0.6) is 0 Å². The van der Waals surface area contributed by atoms with E-state index >= 15 is 0 Å². The SMILES string of the molecule is CC1CCC2(C)CC2C1N. The fourth-order valence-electron chi connectivity index (χ4n) is 2.48. The lowest BCUT2D eigenvalue weighted by molar-refractivity contribution is 0.256. The van der Waals surface area contributed by atoms with Crippen molar-refractivity contribution < 1.29 is 0 Å². The summed E-state index contributed by atoms with van der Waals surface area (Å²) in [6.07, 6.45) is 4.18. The van der Waals surface area contributed by atoms with Crippen molar-refractivity contribution in [3.8, 4) is 0 Å². The molecule has 2 aliphatic carbocycles. The van der Waals surface area contributed by atoms with Gasteiger partial charge in [-0.25, -0.2) is 0 Å². The Labute approximate surface area is 63.0 Å². The zero-order chi connectivity index (χ0) is 7.35. The molecular formula is C9H17N. The van der Waals surface area contributed by atoms with Crippen LogP contribution in [0.4, 0.5) is 0 Å². The number of rotatable bonds is 0. The van der Waals surface area contributed by atoms with Crippen molar-refractivity contribution in [2.45, 2.75) is 39.2 Å². The molecule has 0 radical (unpaired) electrons. The minimum Gasteiger partial charge on any atom is -0.327 e. The van der Waals surface area contributed by atoms with Gasteiger partial charge in [0.05, 0.1) is 0 Å². The fourth-order valence-corrected chi connectivity index (χ4v) is 2.48. The second kappa shape index (κ2) is 1.76. The highest BCUT2D eigenvalue weighted by molar-refractivity contribution is 5.08. The van der Waals surface area contributed by atoms with Crippen LogP contribution in [-0.4, -0.2) is 6.04 Å². The fraction of sp³-hybridized carbons (Fsp3) is 1.00. The molecular weight excluding hydrogens is 122 g/mol. The Hall–Kier alpha value is -0.0400. The van der Waals surface area contributed by atoms with Crippen LogP contribution < -0.4 is 5.73 Å². The largest absolute Gasteiger partial charge is 0.327 e. The quantitative estimate of drug-likeness (QED) is 0.544. The summed E-state index contributed by atoms with van der Waals surface area (Å²) in [5, 5.41) is 0. The van der Waals surface area contributed by atoms with Gasteiger partial charge in [-0.3, -0.25) is 0 Å². The lowest BCUT2D eigenvalue weighted by atomic mass is 9.80. The minimum absolute atomic E-state index is 0.513. The average molecular weight is 139 g/mol. The molecule has 0 heterocycles. The summed E-state index contributed by atoms with van der Waals surface area (Å²) >= 11 is 0. The molecule has 1 heteroatoms. The maximum atomic E-state index is 6.05. The summed E-state index contributed by atoms with van der Waals surface area (Å²) < 4.78 is 0. The molecule has 0 aromatic carbocycles. The highest BCUT2D eigenvalue weighted by Gasteiger charge is 2.56. The summed E-state index contributed by atoms with van der Waals surface area (Å²) in [5.74, 6) is 1.65. The van der Waals surface area contributed by atoms with Crippen molar-refractivity contribution in [2.75, 3.05) is 0 Å². The van der Waals surface area contributed by atoms with Crippen molar-refractivity contribution in [1.29, 1.82) is 0 Å². The third-order valence-electron chi connectivity index (χ3n) is 3.71. The monoisotopic (exact) mass is 139 g/mol. The zero-order valence-corrected chi connectivity index (χ0v) is 6.93. The molecule has 2 N–H and O–H groups in total. The molecule has 1 nitrogen and oxygen atoms in total. The van der Waals surface area contributed by atoms with E-state index in [1.807, 2.05) is 0 Å². The van der Waals surface area contributed by atoms with E-state index in [1.165, 1.54) is 19.3 Å². The molecule has 4 unspecified atom stereocenters. The molecule has 4 atom stereocenters.